The third-order valence-corrected chi connectivity index (χ3v) is 6.38. The van der Waals surface area contributed by atoms with E-state index in [1.165, 1.54) is 12.1 Å². The van der Waals surface area contributed by atoms with Gasteiger partial charge in [0.2, 0.25) is 0 Å². The second-order valence-corrected chi connectivity index (χ2v) is 8.58. The summed E-state index contributed by atoms with van der Waals surface area (Å²) in [6.45, 7) is 0. The number of nitrogen functional groups attached to an aromatic ring is 2. The lowest BCUT2D eigenvalue weighted by Gasteiger charge is -2.11. The zero-order valence-corrected chi connectivity index (χ0v) is 20.5. The van der Waals surface area contributed by atoms with Crippen molar-refractivity contribution in [1.29, 1.82) is 0 Å². The number of aromatic amines is 2. The minimum absolute atomic E-state index is 0. The lowest BCUT2D eigenvalue weighted by Crippen LogP contribution is -2.23. The van der Waals surface area contributed by atoms with E-state index < -0.39 is 11.9 Å². The molecule has 0 saturated carbocycles. The molecule has 0 radical (unpaired) electrons. The van der Waals surface area contributed by atoms with E-state index in [1.807, 2.05) is 24.3 Å². The quantitative estimate of drug-likeness (QED) is 0.326. The first-order valence-electron chi connectivity index (χ1n) is 9.78. The molecular weight excluding hydrogens is 504 g/mol. The van der Waals surface area contributed by atoms with E-state index in [-0.39, 0.29) is 22.1 Å². The van der Waals surface area contributed by atoms with Crippen molar-refractivity contribution in [2.75, 3.05) is 11.5 Å². The van der Waals surface area contributed by atoms with Gasteiger partial charge in [-0.15, -0.1) is 0 Å². The molecule has 0 aliphatic carbocycles. The Morgan fingerprint density at radius 2 is 0.917 bits per heavy atom. The molecule has 0 aliphatic rings. The van der Waals surface area contributed by atoms with Gasteiger partial charge < -0.3 is 30.8 Å². The van der Waals surface area contributed by atoms with Crippen molar-refractivity contribution in [2.45, 2.75) is 9.79 Å². The Labute approximate surface area is 215 Å². The first-order chi connectivity index (χ1) is 16.4. The van der Waals surface area contributed by atoms with E-state index in [9.17, 15) is 19.8 Å². The molecule has 0 atom stereocenters. The monoisotopic (exact) mass is 530 g/mol. The average Bonchev–Trinajstić information content (AvgIpc) is 2.85. The van der Waals surface area contributed by atoms with Gasteiger partial charge >= 0.3 is 0 Å². The summed E-state index contributed by atoms with van der Waals surface area (Å²) >= 11 is 0. The Balaban J connectivity index is 0.000000628. The second kappa shape index (κ2) is 17.4. The van der Waals surface area contributed by atoms with Crippen molar-refractivity contribution in [3.05, 3.63) is 108 Å². The molecule has 190 valence electrons. The molecule has 2 aromatic carbocycles. The molecular formula is C24H26N4O6S2. The Hall–Kier alpha value is -4.10. The van der Waals surface area contributed by atoms with Crippen LogP contribution in [-0.4, -0.2) is 22.9 Å². The largest absolute Gasteiger partial charge is 0.545 e. The van der Waals surface area contributed by atoms with Crippen LogP contribution in [0.15, 0.2) is 107 Å². The normalized spacial score (nSPS) is 9.00. The fraction of sp³-hybridized carbons (Fsp3) is 0. The predicted octanol–water partition coefficient (Wildman–Crippen LogP) is -0.271. The minimum atomic E-state index is -1.26. The number of carboxylic acid groups (broad SMARTS) is 2. The van der Waals surface area contributed by atoms with Crippen LogP contribution in [0.25, 0.3) is 0 Å². The molecule has 0 spiro atoms. The SMILES string of the molecule is Nc1cccc[nH+]1.Nc1cccc[nH+]1.O.O.O=C([O-])c1ccccc1SSc1ccccc1C(=O)[O-]. The standard InChI is InChI=1S/C14H10O4S2.2C5H6N2.2H2O/c15-13(16)9-5-1-3-7-11(9)19-20-12-8-4-2-6-10(12)14(17)18;2*6-5-3-1-2-4-7-5;;/h1-8H,(H,15,16)(H,17,18);2*1-4H,(H2,6,7);2*1H2. The van der Waals surface area contributed by atoms with Gasteiger partial charge in [-0.25, -0.2) is 9.97 Å². The summed E-state index contributed by atoms with van der Waals surface area (Å²) in [5, 5.41) is 21.9. The van der Waals surface area contributed by atoms with Gasteiger partial charge in [-0.1, -0.05) is 70.1 Å². The lowest BCUT2D eigenvalue weighted by atomic mass is 10.2. The van der Waals surface area contributed by atoms with Crippen LogP contribution in [0, 0.1) is 0 Å². The van der Waals surface area contributed by atoms with Crippen LogP contribution in [0.2, 0.25) is 0 Å². The fourth-order valence-corrected chi connectivity index (χ4v) is 4.66. The van der Waals surface area contributed by atoms with Crippen LogP contribution in [0.5, 0.6) is 0 Å². The van der Waals surface area contributed by atoms with Crippen LogP contribution < -0.4 is 31.6 Å². The van der Waals surface area contributed by atoms with Crippen molar-refractivity contribution >= 4 is 45.2 Å². The molecule has 36 heavy (non-hydrogen) atoms. The van der Waals surface area contributed by atoms with Gasteiger partial charge in [0.1, 0.15) is 0 Å². The van der Waals surface area contributed by atoms with Gasteiger partial charge in [0.05, 0.1) is 24.3 Å². The molecule has 4 rings (SSSR count). The van der Waals surface area contributed by atoms with Crippen molar-refractivity contribution < 1.29 is 40.7 Å². The number of aromatic carboxylic acids is 2. The fourth-order valence-electron chi connectivity index (χ4n) is 2.32. The number of rotatable bonds is 5. The van der Waals surface area contributed by atoms with Crippen LogP contribution in [0.4, 0.5) is 11.6 Å². The van der Waals surface area contributed by atoms with Gasteiger partial charge in [0, 0.05) is 33.1 Å². The number of carbonyl (C=O) groups is 2. The van der Waals surface area contributed by atoms with E-state index >= 15 is 0 Å². The number of hydrogen-bond donors (Lipinski definition) is 2. The first-order valence-corrected chi connectivity index (χ1v) is 11.9. The van der Waals surface area contributed by atoms with E-state index in [0.29, 0.717) is 21.4 Å². The highest BCUT2D eigenvalue weighted by molar-refractivity contribution is 8.76. The third-order valence-electron chi connectivity index (χ3n) is 3.90. The number of nitrogens with two attached hydrogens (primary N) is 2. The molecule has 12 heteroatoms. The number of carbonyl (C=O) groups excluding carboxylic acids is 2. The van der Waals surface area contributed by atoms with Crippen molar-refractivity contribution in [1.82, 2.24) is 0 Å². The molecule has 0 fully saturated rings. The molecule has 0 bridgehead atoms. The minimum Gasteiger partial charge on any atom is -0.545 e. The number of benzene rings is 2. The first kappa shape index (κ1) is 31.9. The highest BCUT2D eigenvalue weighted by Crippen LogP contribution is 2.40. The van der Waals surface area contributed by atoms with Gasteiger partial charge in [0.25, 0.3) is 11.6 Å². The molecule has 0 unspecified atom stereocenters. The molecule has 0 aliphatic heterocycles. The summed E-state index contributed by atoms with van der Waals surface area (Å²) in [5.74, 6) is -1.13. The maximum absolute atomic E-state index is 11.0. The number of hydrogen-bond acceptors (Lipinski definition) is 8. The zero-order valence-electron chi connectivity index (χ0n) is 18.8. The highest BCUT2D eigenvalue weighted by Gasteiger charge is 2.07. The van der Waals surface area contributed by atoms with Crippen LogP contribution in [-0.2, 0) is 0 Å². The van der Waals surface area contributed by atoms with Gasteiger partial charge in [-0.3, -0.25) is 11.5 Å². The van der Waals surface area contributed by atoms with Gasteiger partial charge in [-0.05, 0) is 24.3 Å². The summed E-state index contributed by atoms with van der Waals surface area (Å²) in [4.78, 5) is 28.6. The number of pyridine rings is 2. The second-order valence-electron chi connectivity index (χ2n) is 6.37. The van der Waals surface area contributed by atoms with E-state index in [0.717, 1.165) is 21.6 Å². The molecule has 0 saturated heterocycles. The van der Waals surface area contributed by atoms with Crippen LogP contribution in [0.1, 0.15) is 20.7 Å². The van der Waals surface area contributed by atoms with Crippen molar-refractivity contribution in [3.8, 4) is 0 Å². The van der Waals surface area contributed by atoms with Crippen molar-refractivity contribution in [2.24, 2.45) is 0 Å². The predicted molar refractivity (Wildman–Crippen MR) is 135 cm³/mol. The van der Waals surface area contributed by atoms with E-state index in [2.05, 4.69) is 9.97 Å². The topological polar surface area (TPSA) is 224 Å². The number of anilines is 2. The summed E-state index contributed by atoms with van der Waals surface area (Å²) < 4.78 is 0. The third kappa shape index (κ3) is 11.4. The summed E-state index contributed by atoms with van der Waals surface area (Å²) in [5.41, 5.74) is 10.8. The summed E-state index contributed by atoms with van der Waals surface area (Å²) in [6, 6.07) is 24.0. The maximum Gasteiger partial charge on any atom is 0.269 e. The Kier molecular flexibility index (Phi) is 15.4. The summed E-state index contributed by atoms with van der Waals surface area (Å²) in [6.07, 6.45) is 3.57. The molecule has 4 aromatic rings. The number of H-pyrrole nitrogens is 2. The number of aromatic nitrogens is 2. The summed E-state index contributed by atoms with van der Waals surface area (Å²) in [7, 11) is 2.33. The molecule has 2 heterocycles. The molecule has 10 nitrogen and oxygen atoms in total. The van der Waals surface area contributed by atoms with E-state index in [1.54, 1.807) is 60.9 Å². The Bertz CT molecular complexity index is 1110. The number of carboxylic acids is 2. The Morgan fingerprint density at radius 3 is 1.17 bits per heavy atom. The zero-order chi connectivity index (χ0) is 24.8. The van der Waals surface area contributed by atoms with Gasteiger partial charge in [-0.2, -0.15) is 0 Å². The van der Waals surface area contributed by atoms with Crippen LogP contribution >= 0.6 is 21.6 Å². The average molecular weight is 531 g/mol. The molecule has 2 aromatic heterocycles. The van der Waals surface area contributed by atoms with Crippen LogP contribution in [0.3, 0.4) is 0 Å². The molecule has 10 N–H and O–H groups in total. The van der Waals surface area contributed by atoms with Crippen molar-refractivity contribution in [3.63, 3.8) is 0 Å². The lowest BCUT2D eigenvalue weighted by molar-refractivity contribution is -0.360. The Morgan fingerprint density at radius 1 is 0.583 bits per heavy atom. The smallest absolute Gasteiger partial charge is 0.269 e. The van der Waals surface area contributed by atoms with E-state index in [4.69, 9.17) is 11.5 Å². The van der Waals surface area contributed by atoms with Gasteiger partial charge in [0.15, 0.2) is 0 Å². The molecule has 0 amide bonds. The highest BCUT2D eigenvalue weighted by atomic mass is 33.1. The number of nitrogens with one attached hydrogen (secondary N) is 2. The maximum atomic E-state index is 11.0.